The Balaban J connectivity index is 1.54. The molecule has 1 atom stereocenters. The van der Waals surface area contributed by atoms with E-state index < -0.39 is 0 Å². The molecular weight excluding hydrogens is 394 g/mol. The number of methoxy groups -OCH3 is 1. The van der Waals surface area contributed by atoms with E-state index in [1.165, 1.54) is 0 Å². The van der Waals surface area contributed by atoms with Gasteiger partial charge in [0.1, 0.15) is 23.5 Å². The molecule has 1 aliphatic carbocycles. The second-order valence-corrected chi connectivity index (χ2v) is 8.27. The Hall–Kier alpha value is -3.62. The van der Waals surface area contributed by atoms with Crippen molar-refractivity contribution >= 4 is 39.3 Å². The number of hydrogen-bond acceptors (Lipinski definition) is 6. The molecule has 4 aromatic rings. The number of benzene rings is 1. The second-order valence-electron chi connectivity index (χ2n) is 8.27. The summed E-state index contributed by atoms with van der Waals surface area (Å²) >= 11 is 0. The molecule has 31 heavy (non-hydrogen) atoms. The van der Waals surface area contributed by atoms with E-state index in [1.807, 2.05) is 26.0 Å². The molecular formula is C22H25N7O2. The molecule has 0 aliphatic heterocycles. The fourth-order valence-electron chi connectivity index (χ4n) is 4.33. The smallest absolute Gasteiger partial charge is 0.223 e. The quantitative estimate of drug-likeness (QED) is 0.394. The van der Waals surface area contributed by atoms with Crippen LogP contribution in [0.25, 0.3) is 21.9 Å². The van der Waals surface area contributed by atoms with E-state index in [0.717, 1.165) is 51.7 Å². The Labute approximate surface area is 179 Å². The van der Waals surface area contributed by atoms with Crippen LogP contribution in [0.4, 0.5) is 11.5 Å². The zero-order chi connectivity index (χ0) is 21.5. The number of aryl methyl sites for hydroxylation is 1. The van der Waals surface area contributed by atoms with Crippen molar-refractivity contribution in [2.24, 2.45) is 5.92 Å². The zero-order valence-corrected chi connectivity index (χ0v) is 17.7. The number of carbonyl (C=O) groups excluding carboxylic acids is 1. The number of nitrogens with zero attached hydrogens (tertiary/aromatic N) is 3. The molecule has 4 N–H and O–H groups in total. The summed E-state index contributed by atoms with van der Waals surface area (Å²) in [5.74, 6) is 1.42. The molecule has 0 spiro atoms. The number of H-pyrrole nitrogens is 2. The second kappa shape index (κ2) is 7.57. The highest BCUT2D eigenvalue weighted by atomic mass is 16.5. The molecule has 0 saturated carbocycles. The standard InChI is InChI=1S/C22H25N7O2/c1-11(2)26-22(30)12-4-5-15-14(6-12)19-20(27-15)23-10-24-21(19)28-17-7-13-9-25-29-16(13)8-18(17)31-3/h7-12H,4-6H2,1-3H3,(H,25,29)(H,26,30)(H2,23,24,27,28)/t12-/m0/s1. The maximum Gasteiger partial charge on any atom is 0.223 e. The van der Waals surface area contributed by atoms with E-state index in [1.54, 1.807) is 19.6 Å². The van der Waals surface area contributed by atoms with Crippen molar-refractivity contribution < 1.29 is 9.53 Å². The molecule has 1 aliphatic rings. The van der Waals surface area contributed by atoms with Gasteiger partial charge in [0, 0.05) is 29.1 Å². The lowest BCUT2D eigenvalue weighted by molar-refractivity contribution is -0.125. The number of aromatic amines is 2. The minimum atomic E-state index is -0.0567. The number of rotatable bonds is 5. The Kier molecular flexibility index (Phi) is 4.72. The molecule has 0 unspecified atom stereocenters. The number of ether oxygens (including phenoxy) is 1. The van der Waals surface area contributed by atoms with Crippen molar-refractivity contribution in [3.05, 3.63) is 35.9 Å². The Morgan fingerprint density at radius 1 is 1.29 bits per heavy atom. The highest BCUT2D eigenvalue weighted by molar-refractivity contribution is 5.96. The minimum Gasteiger partial charge on any atom is -0.494 e. The monoisotopic (exact) mass is 419 g/mol. The molecule has 1 amide bonds. The van der Waals surface area contributed by atoms with Gasteiger partial charge < -0.3 is 20.4 Å². The summed E-state index contributed by atoms with van der Waals surface area (Å²) in [5.41, 5.74) is 4.70. The van der Waals surface area contributed by atoms with Crippen LogP contribution in [-0.2, 0) is 17.6 Å². The fraction of sp³-hybridized carbons (Fsp3) is 0.364. The summed E-state index contributed by atoms with van der Waals surface area (Å²) < 4.78 is 5.57. The lowest BCUT2D eigenvalue weighted by Gasteiger charge is -2.23. The van der Waals surface area contributed by atoms with Gasteiger partial charge in [0.25, 0.3) is 0 Å². The normalized spacial score (nSPS) is 15.9. The first kappa shape index (κ1) is 19.3. The van der Waals surface area contributed by atoms with Gasteiger partial charge in [-0.05, 0) is 44.7 Å². The van der Waals surface area contributed by atoms with Crippen molar-refractivity contribution in [2.45, 2.75) is 39.2 Å². The molecule has 5 rings (SSSR count). The Morgan fingerprint density at radius 3 is 2.97 bits per heavy atom. The van der Waals surface area contributed by atoms with Crippen LogP contribution in [0.5, 0.6) is 5.75 Å². The summed E-state index contributed by atoms with van der Waals surface area (Å²) in [7, 11) is 1.63. The van der Waals surface area contributed by atoms with Crippen molar-refractivity contribution in [2.75, 3.05) is 12.4 Å². The molecule has 9 heteroatoms. The van der Waals surface area contributed by atoms with Crippen LogP contribution in [0.3, 0.4) is 0 Å². The van der Waals surface area contributed by atoms with Gasteiger partial charge in [0.15, 0.2) is 0 Å². The molecule has 160 valence electrons. The third-order valence-corrected chi connectivity index (χ3v) is 5.79. The van der Waals surface area contributed by atoms with Gasteiger partial charge in [0.05, 0.1) is 29.9 Å². The SMILES string of the molecule is COc1cc2[nH]ncc2cc1Nc1ncnc2[nH]c3c(c12)C[C@@H](C(=O)NC(C)C)CC3. The number of carbonyl (C=O) groups is 1. The van der Waals surface area contributed by atoms with E-state index in [9.17, 15) is 4.79 Å². The van der Waals surface area contributed by atoms with Crippen LogP contribution in [-0.4, -0.2) is 44.2 Å². The summed E-state index contributed by atoms with van der Waals surface area (Å²) in [4.78, 5) is 25.0. The fourth-order valence-corrected chi connectivity index (χ4v) is 4.33. The highest BCUT2D eigenvalue weighted by Gasteiger charge is 2.29. The molecule has 1 aromatic carbocycles. The molecule has 0 radical (unpaired) electrons. The maximum absolute atomic E-state index is 12.6. The van der Waals surface area contributed by atoms with E-state index in [-0.39, 0.29) is 17.9 Å². The molecule has 0 fully saturated rings. The lowest BCUT2D eigenvalue weighted by atomic mass is 9.86. The van der Waals surface area contributed by atoms with Gasteiger partial charge in [-0.25, -0.2) is 9.97 Å². The lowest BCUT2D eigenvalue weighted by Crippen LogP contribution is -2.37. The Bertz CT molecular complexity index is 1270. The number of aromatic nitrogens is 5. The first-order chi connectivity index (χ1) is 15.0. The number of nitrogens with one attached hydrogen (secondary N) is 4. The van der Waals surface area contributed by atoms with Crippen molar-refractivity contribution in [1.29, 1.82) is 0 Å². The predicted octanol–water partition coefficient (Wildman–Crippen LogP) is 3.22. The highest BCUT2D eigenvalue weighted by Crippen LogP contribution is 2.37. The summed E-state index contributed by atoms with van der Waals surface area (Å²) in [5, 5.41) is 15.4. The van der Waals surface area contributed by atoms with Gasteiger partial charge in [-0.1, -0.05) is 0 Å². The van der Waals surface area contributed by atoms with E-state index in [2.05, 4.69) is 35.8 Å². The summed E-state index contributed by atoms with van der Waals surface area (Å²) in [6.07, 6.45) is 5.60. The van der Waals surface area contributed by atoms with Gasteiger partial charge in [-0.15, -0.1) is 0 Å². The molecule has 3 heterocycles. The number of amides is 1. The maximum atomic E-state index is 12.6. The number of hydrogen-bond donors (Lipinski definition) is 4. The third kappa shape index (κ3) is 3.45. The number of anilines is 2. The van der Waals surface area contributed by atoms with Crippen LogP contribution < -0.4 is 15.4 Å². The average molecular weight is 419 g/mol. The molecule has 0 bridgehead atoms. The van der Waals surface area contributed by atoms with Crippen LogP contribution in [0.15, 0.2) is 24.7 Å². The summed E-state index contributed by atoms with van der Waals surface area (Å²) in [6.45, 7) is 3.97. The van der Waals surface area contributed by atoms with Gasteiger partial charge in [-0.3, -0.25) is 9.89 Å². The van der Waals surface area contributed by atoms with Crippen molar-refractivity contribution in [3.63, 3.8) is 0 Å². The van der Waals surface area contributed by atoms with Crippen molar-refractivity contribution in [3.8, 4) is 5.75 Å². The van der Waals surface area contributed by atoms with Crippen LogP contribution in [0, 0.1) is 5.92 Å². The van der Waals surface area contributed by atoms with Crippen molar-refractivity contribution in [1.82, 2.24) is 30.5 Å². The van der Waals surface area contributed by atoms with Gasteiger partial charge in [0.2, 0.25) is 5.91 Å². The van der Waals surface area contributed by atoms with E-state index in [4.69, 9.17) is 4.74 Å². The molecule has 9 nitrogen and oxygen atoms in total. The first-order valence-electron chi connectivity index (χ1n) is 10.5. The summed E-state index contributed by atoms with van der Waals surface area (Å²) in [6, 6.07) is 4.01. The van der Waals surface area contributed by atoms with Crippen LogP contribution >= 0.6 is 0 Å². The van der Waals surface area contributed by atoms with Gasteiger partial charge >= 0.3 is 0 Å². The van der Waals surface area contributed by atoms with E-state index in [0.29, 0.717) is 18.0 Å². The van der Waals surface area contributed by atoms with E-state index >= 15 is 0 Å². The predicted molar refractivity (Wildman–Crippen MR) is 119 cm³/mol. The number of fused-ring (bicyclic) bond motifs is 4. The minimum absolute atomic E-state index is 0.0567. The topological polar surface area (TPSA) is 121 Å². The largest absolute Gasteiger partial charge is 0.494 e. The first-order valence-corrected chi connectivity index (χ1v) is 10.5. The Morgan fingerprint density at radius 2 is 2.16 bits per heavy atom. The zero-order valence-electron chi connectivity index (χ0n) is 17.7. The molecule has 0 saturated heterocycles. The van der Waals surface area contributed by atoms with Gasteiger partial charge in [-0.2, -0.15) is 5.10 Å². The third-order valence-electron chi connectivity index (χ3n) is 5.79. The van der Waals surface area contributed by atoms with Crippen LogP contribution in [0.2, 0.25) is 0 Å². The molecule has 3 aromatic heterocycles. The average Bonchev–Trinajstić information content (AvgIpc) is 3.36. The van der Waals surface area contributed by atoms with Crippen LogP contribution in [0.1, 0.15) is 31.5 Å².